The summed E-state index contributed by atoms with van der Waals surface area (Å²) in [6, 6.07) is 3.36. The summed E-state index contributed by atoms with van der Waals surface area (Å²) in [5.74, 6) is 1.12. The molecule has 24 heavy (non-hydrogen) atoms. The third-order valence-corrected chi connectivity index (χ3v) is 7.39. The molecule has 0 N–H and O–H groups in total. The van der Waals surface area contributed by atoms with Crippen molar-refractivity contribution in [2.45, 2.75) is 53.3 Å². The summed E-state index contributed by atoms with van der Waals surface area (Å²) in [6.45, 7) is 5.30. The number of sulfonamides is 1. The van der Waals surface area contributed by atoms with Gasteiger partial charge in [0.25, 0.3) is 0 Å². The minimum Gasteiger partial charge on any atom is -0.248 e. The van der Waals surface area contributed by atoms with E-state index in [0.717, 1.165) is 34.5 Å². The second-order valence-electron chi connectivity index (χ2n) is 5.97. The predicted molar refractivity (Wildman–Crippen MR) is 95.0 cm³/mol. The zero-order chi connectivity index (χ0) is 17.2. The molecule has 0 aromatic carbocycles. The molecule has 0 spiro atoms. The standard InChI is InChI=1S/C15H20N4O2S3/c1-11(2)14-17-15(23-18-14)22-13-7-6-12(10-16-13)24(20,21)19-8-4-3-5-9-19/h6-7,10-11H,3-5,8-9H2,1-2H3. The first kappa shape index (κ1) is 17.8. The smallest absolute Gasteiger partial charge is 0.244 e. The molecule has 0 atom stereocenters. The van der Waals surface area contributed by atoms with E-state index in [-0.39, 0.29) is 4.90 Å². The number of aromatic nitrogens is 3. The van der Waals surface area contributed by atoms with Gasteiger partial charge in [0.1, 0.15) is 15.7 Å². The van der Waals surface area contributed by atoms with Crippen molar-refractivity contribution in [1.82, 2.24) is 18.6 Å². The molecule has 0 saturated carbocycles. The number of rotatable bonds is 5. The Labute approximate surface area is 150 Å². The van der Waals surface area contributed by atoms with Crippen molar-refractivity contribution in [1.29, 1.82) is 0 Å². The minimum atomic E-state index is -3.42. The Morgan fingerprint density at radius 1 is 1.21 bits per heavy atom. The Morgan fingerprint density at radius 2 is 1.96 bits per heavy atom. The summed E-state index contributed by atoms with van der Waals surface area (Å²) in [5, 5.41) is 0.721. The first-order chi connectivity index (χ1) is 11.5. The maximum absolute atomic E-state index is 12.6. The summed E-state index contributed by atoms with van der Waals surface area (Å²) in [7, 11) is -3.42. The van der Waals surface area contributed by atoms with Gasteiger partial charge in [-0.3, -0.25) is 0 Å². The molecule has 0 aliphatic carbocycles. The van der Waals surface area contributed by atoms with Crippen molar-refractivity contribution in [3.8, 4) is 0 Å². The van der Waals surface area contributed by atoms with Gasteiger partial charge in [-0.15, -0.1) is 0 Å². The van der Waals surface area contributed by atoms with E-state index in [2.05, 4.69) is 28.2 Å². The molecule has 1 aliphatic heterocycles. The van der Waals surface area contributed by atoms with Crippen LogP contribution in [0.2, 0.25) is 0 Å². The van der Waals surface area contributed by atoms with Gasteiger partial charge < -0.3 is 0 Å². The quantitative estimate of drug-likeness (QED) is 0.786. The molecule has 9 heteroatoms. The molecule has 2 aromatic rings. The summed E-state index contributed by atoms with van der Waals surface area (Å²) in [4.78, 5) is 9.00. The fourth-order valence-electron chi connectivity index (χ4n) is 2.42. The molecule has 1 aliphatic rings. The highest BCUT2D eigenvalue weighted by molar-refractivity contribution is 8.00. The lowest BCUT2D eigenvalue weighted by molar-refractivity contribution is 0.346. The van der Waals surface area contributed by atoms with Crippen molar-refractivity contribution in [2.24, 2.45) is 0 Å². The third-order valence-electron chi connectivity index (χ3n) is 3.79. The highest BCUT2D eigenvalue weighted by Gasteiger charge is 2.26. The van der Waals surface area contributed by atoms with E-state index in [0.29, 0.717) is 19.0 Å². The lowest BCUT2D eigenvalue weighted by Crippen LogP contribution is -2.35. The van der Waals surface area contributed by atoms with Crippen LogP contribution in [0, 0.1) is 0 Å². The maximum Gasteiger partial charge on any atom is 0.244 e. The molecule has 6 nitrogen and oxygen atoms in total. The van der Waals surface area contributed by atoms with Crippen molar-refractivity contribution < 1.29 is 8.42 Å². The fourth-order valence-corrected chi connectivity index (χ4v) is 5.52. The van der Waals surface area contributed by atoms with Gasteiger partial charge in [-0.1, -0.05) is 20.3 Å². The highest BCUT2D eigenvalue weighted by Crippen LogP contribution is 2.29. The van der Waals surface area contributed by atoms with Crippen LogP contribution in [0.1, 0.15) is 44.9 Å². The largest absolute Gasteiger partial charge is 0.248 e. The summed E-state index contributed by atoms with van der Waals surface area (Å²) in [6.07, 6.45) is 4.39. The molecule has 0 radical (unpaired) electrons. The van der Waals surface area contributed by atoms with Crippen molar-refractivity contribution in [3.05, 3.63) is 24.2 Å². The average molecular weight is 385 g/mol. The van der Waals surface area contributed by atoms with Crippen LogP contribution in [0.15, 0.2) is 32.6 Å². The van der Waals surface area contributed by atoms with E-state index in [9.17, 15) is 8.42 Å². The van der Waals surface area contributed by atoms with Crippen LogP contribution in [0.5, 0.6) is 0 Å². The SMILES string of the molecule is CC(C)c1nsc(Sc2ccc(S(=O)(=O)N3CCCCC3)cn2)n1. The van der Waals surface area contributed by atoms with Gasteiger partial charge in [-0.2, -0.15) is 8.68 Å². The van der Waals surface area contributed by atoms with Gasteiger partial charge in [0.15, 0.2) is 4.34 Å². The lowest BCUT2D eigenvalue weighted by atomic mass is 10.2. The zero-order valence-electron chi connectivity index (χ0n) is 13.7. The van der Waals surface area contributed by atoms with Crippen LogP contribution < -0.4 is 0 Å². The second kappa shape index (κ2) is 7.47. The van der Waals surface area contributed by atoms with Crippen molar-refractivity contribution in [2.75, 3.05) is 13.1 Å². The average Bonchev–Trinajstić information content (AvgIpc) is 3.05. The molecule has 0 amide bonds. The van der Waals surface area contributed by atoms with E-state index < -0.39 is 10.0 Å². The predicted octanol–water partition coefficient (Wildman–Crippen LogP) is 3.38. The summed E-state index contributed by atoms with van der Waals surface area (Å²) in [5.41, 5.74) is 0. The Hall–Kier alpha value is -1.03. The number of pyridine rings is 1. The Bertz CT molecular complexity index is 781. The van der Waals surface area contributed by atoms with Gasteiger partial charge in [-0.25, -0.2) is 18.4 Å². The number of nitrogens with zero attached hydrogens (tertiary/aromatic N) is 4. The molecule has 3 heterocycles. The number of hydrogen-bond donors (Lipinski definition) is 0. The summed E-state index contributed by atoms with van der Waals surface area (Å²) < 4.78 is 31.9. The van der Waals surface area contributed by atoms with E-state index in [4.69, 9.17) is 0 Å². The van der Waals surface area contributed by atoms with Gasteiger partial charge >= 0.3 is 0 Å². The third kappa shape index (κ3) is 3.96. The topological polar surface area (TPSA) is 76.1 Å². The molecule has 130 valence electrons. The molecular weight excluding hydrogens is 364 g/mol. The van der Waals surface area contributed by atoms with Gasteiger partial charge in [0.2, 0.25) is 10.0 Å². The monoisotopic (exact) mass is 384 g/mol. The van der Waals surface area contributed by atoms with Crippen LogP contribution in [0.3, 0.4) is 0 Å². The molecule has 1 saturated heterocycles. The summed E-state index contributed by atoms with van der Waals surface area (Å²) >= 11 is 2.75. The molecule has 0 unspecified atom stereocenters. The van der Waals surface area contributed by atoms with E-state index >= 15 is 0 Å². The Kier molecular flexibility index (Phi) is 5.53. The van der Waals surface area contributed by atoms with E-state index in [1.54, 1.807) is 16.4 Å². The normalized spacial score (nSPS) is 16.6. The Balaban J connectivity index is 1.72. The van der Waals surface area contributed by atoms with E-state index in [1.165, 1.54) is 29.5 Å². The molecule has 1 fully saturated rings. The van der Waals surface area contributed by atoms with E-state index in [1.807, 2.05) is 0 Å². The van der Waals surface area contributed by atoms with Gasteiger partial charge in [-0.05, 0) is 48.3 Å². The highest BCUT2D eigenvalue weighted by atomic mass is 32.2. The first-order valence-electron chi connectivity index (χ1n) is 7.94. The fraction of sp³-hybridized carbons (Fsp3) is 0.533. The van der Waals surface area contributed by atoms with Crippen LogP contribution >= 0.6 is 23.3 Å². The molecular formula is C15H20N4O2S3. The lowest BCUT2D eigenvalue weighted by Gasteiger charge is -2.25. The first-order valence-corrected chi connectivity index (χ1v) is 11.0. The molecule has 0 bridgehead atoms. The second-order valence-corrected chi connectivity index (χ2v) is 9.93. The van der Waals surface area contributed by atoms with Crippen molar-refractivity contribution in [3.63, 3.8) is 0 Å². The number of piperidine rings is 1. The molecule has 3 rings (SSSR count). The van der Waals surface area contributed by atoms with Gasteiger partial charge in [0.05, 0.1) is 0 Å². The number of hydrogen-bond acceptors (Lipinski definition) is 7. The zero-order valence-corrected chi connectivity index (χ0v) is 16.1. The minimum absolute atomic E-state index is 0.258. The van der Waals surface area contributed by atoms with Crippen LogP contribution in [0.4, 0.5) is 0 Å². The van der Waals surface area contributed by atoms with Gasteiger partial charge in [0, 0.05) is 25.2 Å². The van der Waals surface area contributed by atoms with Crippen LogP contribution in [-0.4, -0.2) is 40.2 Å². The van der Waals surface area contributed by atoms with Crippen LogP contribution in [0.25, 0.3) is 0 Å². The van der Waals surface area contributed by atoms with Crippen LogP contribution in [-0.2, 0) is 10.0 Å². The maximum atomic E-state index is 12.6. The Morgan fingerprint density at radius 3 is 2.54 bits per heavy atom. The van der Waals surface area contributed by atoms with Crippen molar-refractivity contribution >= 4 is 33.3 Å². The molecule has 2 aromatic heterocycles.